The van der Waals surface area contributed by atoms with E-state index < -0.39 is 0 Å². The Morgan fingerprint density at radius 2 is 2.11 bits per heavy atom. The molecule has 27 heavy (non-hydrogen) atoms. The number of nitrogens with zero attached hydrogens (tertiary/aromatic N) is 3. The summed E-state index contributed by atoms with van der Waals surface area (Å²) in [4.78, 5) is 9.71. The second-order valence-electron chi connectivity index (χ2n) is 6.35. The van der Waals surface area contributed by atoms with Crippen LogP contribution in [-0.2, 0) is 4.74 Å². The van der Waals surface area contributed by atoms with Gasteiger partial charge in [0.2, 0.25) is 0 Å². The quantitative estimate of drug-likeness (QED) is 0.387. The van der Waals surface area contributed by atoms with E-state index in [-0.39, 0.29) is 6.04 Å². The zero-order chi connectivity index (χ0) is 19.4. The molecule has 5 nitrogen and oxygen atoms in total. The first-order chi connectivity index (χ1) is 13.0. The molecule has 0 aliphatic carbocycles. The highest BCUT2D eigenvalue weighted by atomic mass is 35.5. The van der Waals surface area contributed by atoms with Crippen molar-refractivity contribution in [3.8, 4) is 0 Å². The van der Waals surface area contributed by atoms with Crippen molar-refractivity contribution in [2.75, 3.05) is 25.2 Å². The van der Waals surface area contributed by atoms with Gasteiger partial charge in [-0.2, -0.15) is 0 Å². The Kier molecular flexibility index (Phi) is 6.87. The van der Waals surface area contributed by atoms with Gasteiger partial charge < -0.3 is 15.0 Å². The number of thioether (sulfide) groups is 1. The van der Waals surface area contributed by atoms with Gasteiger partial charge in [0.15, 0.2) is 5.82 Å². The fraction of sp³-hybridized carbons (Fsp3) is 0.368. The summed E-state index contributed by atoms with van der Waals surface area (Å²) in [6.45, 7) is 2.63. The molecular weight excluding hydrogens is 403 g/mol. The summed E-state index contributed by atoms with van der Waals surface area (Å²) in [6.07, 6.45) is 5.59. The van der Waals surface area contributed by atoms with Gasteiger partial charge in [-0.15, -0.1) is 11.8 Å². The minimum absolute atomic E-state index is 0.182. The Balaban J connectivity index is 1.69. The molecule has 3 aromatic rings. The number of aryl methyl sites for hydroxylation is 1. The van der Waals surface area contributed by atoms with Crippen molar-refractivity contribution in [3.63, 3.8) is 0 Å². The molecule has 0 aliphatic heterocycles. The Bertz CT molecular complexity index is 931. The summed E-state index contributed by atoms with van der Waals surface area (Å²) in [5.74, 6) is 1.41. The van der Waals surface area contributed by atoms with E-state index in [1.54, 1.807) is 31.1 Å². The van der Waals surface area contributed by atoms with E-state index in [9.17, 15) is 0 Å². The van der Waals surface area contributed by atoms with Gasteiger partial charge in [-0.25, -0.2) is 9.97 Å². The molecule has 0 fully saturated rings. The summed E-state index contributed by atoms with van der Waals surface area (Å²) < 4.78 is 7.62. The molecule has 3 rings (SSSR count). The Hall–Kier alpha value is -1.47. The van der Waals surface area contributed by atoms with E-state index in [1.807, 2.05) is 25.4 Å². The largest absolute Gasteiger partial charge is 0.383 e. The van der Waals surface area contributed by atoms with Crippen molar-refractivity contribution in [2.24, 2.45) is 0 Å². The monoisotopic (exact) mass is 424 g/mol. The normalized spacial score (nSPS) is 12.6. The van der Waals surface area contributed by atoms with E-state index in [0.717, 1.165) is 40.1 Å². The molecule has 0 radical (unpaired) electrons. The average molecular weight is 425 g/mol. The van der Waals surface area contributed by atoms with Crippen LogP contribution in [0.25, 0.3) is 11.0 Å². The fourth-order valence-electron chi connectivity index (χ4n) is 3.09. The number of ether oxygens (including phenoxy) is 1. The van der Waals surface area contributed by atoms with E-state index in [2.05, 4.69) is 14.5 Å². The molecule has 0 aliphatic rings. The molecule has 0 bridgehead atoms. The van der Waals surface area contributed by atoms with Crippen LogP contribution in [0.1, 0.15) is 24.4 Å². The van der Waals surface area contributed by atoms with Crippen molar-refractivity contribution in [1.82, 2.24) is 14.5 Å². The summed E-state index contributed by atoms with van der Waals surface area (Å²) >= 11 is 13.9. The van der Waals surface area contributed by atoms with Crippen molar-refractivity contribution in [2.45, 2.75) is 30.7 Å². The topological polar surface area (TPSA) is 66.0 Å². The van der Waals surface area contributed by atoms with Crippen molar-refractivity contribution in [3.05, 3.63) is 46.3 Å². The van der Waals surface area contributed by atoms with Gasteiger partial charge in [-0.3, -0.25) is 0 Å². The van der Waals surface area contributed by atoms with Crippen LogP contribution < -0.4 is 5.73 Å². The number of nitrogen functional groups attached to an aromatic ring is 1. The van der Waals surface area contributed by atoms with E-state index >= 15 is 0 Å². The van der Waals surface area contributed by atoms with Crippen molar-refractivity contribution < 1.29 is 4.74 Å². The molecule has 2 N–H and O–H groups in total. The number of halogens is 2. The average Bonchev–Trinajstić information content (AvgIpc) is 3.09. The predicted octanol–water partition coefficient (Wildman–Crippen LogP) is 5.39. The maximum Gasteiger partial charge on any atom is 0.151 e. The molecule has 1 atom stereocenters. The van der Waals surface area contributed by atoms with Gasteiger partial charge in [0.25, 0.3) is 0 Å². The Morgan fingerprint density at radius 3 is 2.85 bits per heavy atom. The molecule has 1 unspecified atom stereocenters. The highest BCUT2D eigenvalue weighted by Crippen LogP contribution is 2.31. The molecule has 0 saturated heterocycles. The molecule has 8 heteroatoms. The standard InChI is InChI=1S/C19H22Cl2N4OS/c1-12-9-23-19(22)17-18(12)25(11-24-17)14(10-26-2)4-3-7-27-16-6-5-13(20)8-15(16)21/h5-6,8-9,11,14H,3-4,7,10H2,1-2H3,(H2,22,23). The van der Waals surface area contributed by atoms with Crippen LogP contribution in [0.3, 0.4) is 0 Å². The number of anilines is 1. The number of aromatic nitrogens is 3. The number of hydrogen-bond donors (Lipinski definition) is 1. The number of nitrogens with two attached hydrogens (primary N) is 1. The van der Waals surface area contributed by atoms with Gasteiger partial charge in [-0.1, -0.05) is 23.2 Å². The second-order valence-corrected chi connectivity index (χ2v) is 8.33. The first-order valence-corrected chi connectivity index (χ1v) is 10.4. The maximum atomic E-state index is 6.24. The lowest BCUT2D eigenvalue weighted by atomic mass is 10.1. The van der Waals surface area contributed by atoms with E-state index in [0.29, 0.717) is 22.5 Å². The van der Waals surface area contributed by atoms with E-state index in [4.69, 9.17) is 33.7 Å². The van der Waals surface area contributed by atoms with Gasteiger partial charge in [-0.05, 0) is 49.3 Å². The summed E-state index contributed by atoms with van der Waals surface area (Å²) in [5.41, 5.74) is 8.81. The summed E-state index contributed by atoms with van der Waals surface area (Å²) in [5, 5.41) is 1.35. The zero-order valence-electron chi connectivity index (χ0n) is 15.3. The molecule has 144 valence electrons. The Labute approximate surface area is 173 Å². The third-order valence-corrected chi connectivity index (χ3v) is 6.21. The van der Waals surface area contributed by atoms with Crippen LogP contribution in [0.15, 0.2) is 35.6 Å². The number of methoxy groups -OCH3 is 1. The SMILES string of the molecule is COCC(CCCSc1ccc(Cl)cc1Cl)n1cnc2c(N)ncc(C)c21. The number of rotatable bonds is 8. The van der Waals surface area contributed by atoms with Crippen molar-refractivity contribution >= 4 is 51.8 Å². The molecule has 1 aromatic carbocycles. The number of imidazole rings is 1. The molecule has 2 heterocycles. The molecule has 2 aromatic heterocycles. The highest BCUT2D eigenvalue weighted by Gasteiger charge is 2.17. The third kappa shape index (κ3) is 4.69. The van der Waals surface area contributed by atoms with Crippen LogP contribution in [-0.4, -0.2) is 34.0 Å². The number of pyridine rings is 1. The first kappa shape index (κ1) is 20.3. The maximum absolute atomic E-state index is 6.24. The van der Waals surface area contributed by atoms with Crippen LogP contribution >= 0.6 is 35.0 Å². The minimum Gasteiger partial charge on any atom is -0.383 e. The van der Waals surface area contributed by atoms with Crippen LogP contribution in [0, 0.1) is 6.92 Å². The second kappa shape index (κ2) is 9.15. The van der Waals surface area contributed by atoms with Gasteiger partial charge in [0.05, 0.1) is 29.5 Å². The number of fused-ring (bicyclic) bond motifs is 1. The van der Waals surface area contributed by atoms with Crippen molar-refractivity contribution in [1.29, 1.82) is 0 Å². The van der Waals surface area contributed by atoms with Gasteiger partial charge in [0, 0.05) is 23.2 Å². The van der Waals surface area contributed by atoms with Gasteiger partial charge >= 0.3 is 0 Å². The highest BCUT2D eigenvalue weighted by molar-refractivity contribution is 7.99. The molecule has 0 spiro atoms. The van der Waals surface area contributed by atoms with Gasteiger partial charge in [0.1, 0.15) is 5.52 Å². The number of benzene rings is 1. The fourth-order valence-corrected chi connectivity index (χ4v) is 4.56. The molecule has 0 saturated carbocycles. The predicted molar refractivity (Wildman–Crippen MR) is 114 cm³/mol. The van der Waals surface area contributed by atoms with Crippen LogP contribution in [0.2, 0.25) is 10.0 Å². The molecular formula is C19H22Cl2N4OS. The van der Waals surface area contributed by atoms with Crippen LogP contribution in [0.4, 0.5) is 5.82 Å². The minimum atomic E-state index is 0.182. The Morgan fingerprint density at radius 1 is 1.30 bits per heavy atom. The number of hydrogen-bond acceptors (Lipinski definition) is 5. The summed E-state index contributed by atoms with van der Waals surface area (Å²) in [6, 6.07) is 5.78. The third-order valence-electron chi connectivity index (χ3n) is 4.39. The van der Waals surface area contributed by atoms with Crippen LogP contribution in [0.5, 0.6) is 0 Å². The first-order valence-electron chi connectivity index (χ1n) is 8.65. The lowest BCUT2D eigenvalue weighted by Gasteiger charge is -2.19. The molecule has 0 amide bonds. The van der Waals surface area contributed by atoms with E-state index in [1.165, 1.54) is 0 Å². The lowest BCUT2D eigenvalue weighted by molar-refractivity contribution is 0.152. The lowest BCUT2D eigenvalue weighted by Crippen LogP contribution is -2.15. The zero-order valence-corrected chi connectivity index (χ0v) is 17.6. The smallest absolute Gasteiger partial charge is 0.151 e. The summed E-state index contributed by atoms with van der Waals surface area (Å²) in [7, 11) is 1.72.